The molecule has 8 nitrogen and oxygen atoms in total. The number of anilines is 2. The van der Waals surface area contributed by atoms with Crippen LogP contribution in [-0.4, -0.2) is 66.5 Å². The van der Waals surface area contributed by atoms with Gasteiger partial charge in [0.1, 0.15) is 22.9 Å². The number of hydrogen-bond donors (Lipinski definition) is 1. The molecule has 1 fully saturated rings. The van der Waals surface area contributed by atoms with E-state index in [9.17, 15) is 4.39 Å². The number of aromatic nitrogens is 5. The minimum atomic E-state index is -0.636. The van der Waals surface area contributed by atoms with Gasteiger partial charge in [0.25, 0.3) is 0 Å². The number of imidazole rings is 1. The zero-order valence-corrected chi connectivity index (χ0v) is 23.7. The summed E-state index contributed by atoms with van der Waals surface area (Å²) in [6, 6.07) is 7.55. The van der Waals surface area contributed by atoms with Crippen molar-refractivity contribution >= 4 is 22.8 Å². The molecule has 2 aliphatic heterocycles. The normalized spacial score (nSPS) is 17.7. The Morgan fingerprint density at radius 3 is 2.78 bits per heavy atom. The Bertz CT molecular complexity index is 1640. The van der Waals surface area contributed by atoms with Gasteiger partial charge in [-0.15, -0.1) is 6.42 Å². The van der Waals surface area contributed by atoms with Gasteiger partial charge in [0.05, 0.1) is 18.3 Å². The molecule has 1 N–H and O–H groups in total. The molecule has 0 saturated carbocycles. The highest BCUT2D eigenvalue weighted by Crippen LogP contribution is 2.31. The number of nitrogens with zero attached hydrogens (tertiary/aromatic N) is 7. The van der Waals surface area contributed by atoms with Crippen LogP contribution in [0.1, 0.15) is 49.8 Å². The topological polar surface area (TPSA) is 75.0 Å². The first kappa shape index (κ1) is 27.2. The van der Waals surface area contributed by atoms with Gasteiger partial charge in [-0.25, -0.2) is 28.7 Å². The van der Waals surface area contributed by atoms with Crippen molar-refractivity contribution < 1.29 is 8.78 Å². The van der Waals surface area contributed by atoms with Gasteiger partial charge in [-0.05, 0) is 63.9 Å². The molecule has 0 bridgehead atoms. The third-order valence-electron chi connectivity index (χ3n) is 8.09. The van der Waals surface area contributed by atoms with Gasteiger partial charge in [0, 0.05) is 49.4 Å². The third-order valence-corrected chi connectivity index (χ3v) is 8.09. The van der Waals surface area contributed by atoms with Crippen LogP contribution in [0, 0.1) is 30.9 Å². The summed E-state index contributed by atoms with van der Waals surface area (Å²) in [5, 5.41) is 3.12. The number of benzene rings is 1. The van der Waals surface area contributed by atoms with Crippen molar-refractivity contribution in [2.24, 2.45) is 0 Å². The highest BCUT2D eigenvalue weighted by Gasteiger charge is 2.28. The molecule has 0 spiro atoms. The molecule has 2 aliphatic rings. The second-order valence-electron chi connectivity index (χ2n) is 11.2. The minimum Gasteiger partial charge on any atom is -0.326 e. The van der Waals surface area contributed by atoms with E-state index in [1.807, 2.05) is 31.4 Å². The van der Waals surface area contributed by atoms with Crippen LogP contribution in [0.4, 0.5) is 20.5 Å². The lowest BCUT2D eigenvalue weighted by Gasteiger charge is -2.33. The standard InChI is InChI=1S/C31H34F2N8/c1-5-11-40-12-6-7-23(40)18-39-13-10-26-21(17-39)8-9-28(36-26)37-31-34-16-25(33)29(38-31)22-14-24(32)30-27(15-22)41(19(2)3)20(4)35-30/h1,8-9,14-16,19,23H,6-7,10-13,17-18H2,2-4H3,(H,34,36,37,38). The Labute approximate surface area is 238 Å². The van der Waals surface area contributed by atoms with E-state index in [0.29, 0.717) is 35.3 Å². The summed E-state index contributed by atoms with van der Waals surface area (Å²) in [4.78, 5) is 22.6. The lowest BCUT2D eigenvalue weighted by molar-refractivity contribution is 0.171. The Kier molecular flexibility index (Phi) is 7.41. The molecule has 0 aliphatic carbocycles. The van der Waals surface area contributed by atoms with E-state index in [1.165, 1.54) is 24.5 Å². The van der Waals surface area contributed by atoms with Crippen molar-refractivity contribution in [3.63, 3.8) is 0 Å². The maximum Gasteiger partial charge on any atom is 0.229 e. The average molecular weight is 557 g/mol. The van der Waals surface area contributed by atoms with Crippen LogP contribution in [0.5, 0.6) is 0 Å². The molecule has 6 rings (SSSR count). The Hall–Kier alpha value is -3.94. The fraction of sp³-hybridized carbons (Fsp3) is 0.419. The summed E-state index contributed by atoms with van der Waals surface area (Å²) in [5.41, 5.74) is 3.42. The molecule has 212 valence electrons. The Balaban J connectivity index is 1.20. The monoisotopic (exact) mass is 556 g/mol. The van der Waals surface area contributed by atoms with Crippen LogP contribution in [-0.2, 0) is 13.0 Å². The fourth-order valence-electron chi connectivity index (χ4n) is 6.23. The van der Waals surface area contributed by atoms with Gasteiger partial charge in [0.15, 0.2) is 11.6 Å². The largest absolute Gasteiger partial charge is 0.326 e. The van der Waals surface area contributed by atoms with Crippen molar-refractivity contribution in [1.29, 1.82) is 0 Å². The molecule has 5 heterocycles. The molecular weight excluding hydrogens is 522 g/mol. The number of halogens is 2. The van der Waals surface area contributed by atoms with Crippen LogP contribution in [0.15, 0.2) is 30.5 Å². The van der Waals surface area contributed by atoms with Crippen molar-refractivity contribution in [2.45, 2.75) is 58.7 Å². The zero-order valence-electron chi connectivity index (χ0n) is 23.7. The molecule has 1 saturated heterocycles. The van der Waals surface area contributed by atoms with E-state index in [2.05, 4.69) is 42.1 Å². The van der Waals surface area contributed by atoms with Gasteiger partial charge in [-0.3, -0.25) is 9.80 Å². The Morgan fingerprint density at radius 2 is 1.98 bits per heavy atom. The van der Waals surface area contributed by atoms with E-state index >= 15 is 4.39 Å². The molecule has 3 aromatic heterocycles. The number of likely N-dealkylation sites (tertiary alicyclic amines) is 1. The highest BCUT2D eigenvalue weighted by atomic mass is 19.1. The van der Waals surface area contributed by atoms with E-state index in [0.717, 1.165) is 44.5 Å². The van der Waals surface area contributed by atoms with E-state index in [4.69, 9.17) is 11.4 Å². The average Bonchev–Trinajstić information content (AvgIpc) is 3.53. The summed E-state index contributed by atoms with van der Waals surface area (Å²) in [6.45, 7) is 10.4. The highest BCUT2D eigenvalue weighted by molar-refractivity contribution is 5.83. The molecular formula is C31H34F2N8. The number of pyridine rings is 1. The molecule has 4 aromatic rings. The first-order valence-corrected chi connectivity index (χ1v) is 14.2. The zero-order chi connectivity index (χ0) is 28.7. The van der Waals surface area contributed by atoms with Crippen molar-refractivity contribution in [2.75, 3.05) is 31.5 Å². The predicted octanol–water partition coefficient (Wildman–Crippen LogP) is 5.26. The summed E-state index contributed by atoms with van der Waals surface area (Å²) in [7, 11) is 0. The van der Waals surface area contributed by atoms with Crippen LogP contribution >= 0.6 is 0 Å². The van der Waals surface area contributed by atoms with Crippen molar-refractivity contribution in [1.82, 2.24) is 34.3 Å². The SMILES string of the molecule is C#CCN1CCCC1CN1CCc2nc(Nc3ncc(F)c(-c4cc(F)c5nc(C)n(C(C)C)c5c4)n3)ccc2C1. The summed E-state index contributed by atoms with van der Waals surface area (Å²) in [6.07, 6.45) is 9.88. The van der Waals surface area contributed by atoms with Crippen LogP contribution in [0.25, 0.3) is 22.3 Å². The Morgan fingerprint density at radius 1 is 1.12 bits per heavy atom. The second-order valence-corrected chi connectivity index (χ2v) is 11.2. The molecule has 1 unspecified atom stereocenters. The maximum atomic E-state index is 15.0. The number of rotatable bonds is 7. The summed E-state index contributed by atoms with van der Waals surface area (Å²) >= 11 is 0. The van der Waals surface area contributed by atoms with E-state index in [1.54, 1.807) is 6.07 Å². The van der Waals surface area contributed by atoms with Gasteiger partial charge in [-0.1, -0.05) is 12.0 Å². The summed E-state index contributed by atoms with van der Waals surface area (Å²) in [5.74, 6) is 3.11. The van der Waals surface area contributed by atoms with Crippen LogP contribution in [0.2, 0.25) is 0 Å². The molecule has 10 heteroatoms. The molecule has 1 aromatic carbocycles. The molecule has 0 radical (unpaired) electrons. The maximum absolute atomic E-state index is 15.0. The van der Waals surface area contributed by atoms with E-state index in [-0.39, 0.29) is 23.2 Å². The number of fused-ring (bicyclic) bond motifs is 2. The van der Waals surface area contributed by atoms with Crippen molar-refractivity contribution in [3.8, 4) is 23.6 Å². The van der Waals surface area contributed by atoms with Crippen LogP contribution < -0.4 is 5.32 Å². The first-order valence-electron chi connectivity index (χ1n) is 14.2. The molecule has 0 amide bonds. The predicted molar refractivity (Wildman–Crippen MR) is 156 cm³/mol. The molecule has 41 heavy (non-hydrogen) atoms. The second kappa shape index (κ2) is 11.1. The van der Waals surface area contributed by atoms with Gasteiger partial charge in [0.2, 0.25) is 5.95 Å². The van der Waals surface area contributed by atoms with Gasteiger partial charge >= 0.3 is 0 Å². The smallest absolute Gasteiger partial charge is 0.229 e. The van der Waals surface area contributed by atoms with Gasteiger partial charge < -0.3 is 9.88 Å². The van der Waals surface area contributed by atoms with Crippen LogP contribution in [0.3, 0.4) is 0 Å². The third kappa shape index (κ3) is 5.39. The quantitative estimate of drug-likeness (QED) is 0.312. The number of nitrogens with one attached hydrogen (secondary N) is 1. The number of aryl methyl sites for hydroxylation is 1. The fourth-order valence-corrected chi connectivity index (χ4v) is 6.23. The van der Waals surface area contributed by atoms with E-state index < -0.39 is 11.6 Å². The molecule has 1 atom stereocenters. The van der Waals surface area contributed by atoms with Gasteiger partial charge in [-0.2, -0.15) is 0 Å². The minimum absolute atomic E-state index is 0.0110. The lowest BCUT2D eigenvalue weighted by atomic mass is 10.0. The number of terminal acetylenes is 1. The summed E-state index contributed by atoms with van der Waals surface area (Å²) < 4.78 is 31.9. The first-order chi connectivity index (χ1) is 19.8. The number of hydrogen-bond acceptors (Lipinski definition) is 7. The lowest BCUT2D eigenvalue weighted by Crippen LogP contribution is -2.42. The van der Waals surface area contributed by atoms with Crippen molar-refractivity contribution in [3.05, 3.63) is 59.2 Å².